The number of benzene rings is 1. The van der Waals surface area contributed by atoms with E-state index in [2.05, 4.69) is 22.2 Å². The molecular weight excluding hydrogens is 306 g/mol. The molecule has 1 aliphatic heterocycles. The first-order valence-corrected chi connectivity index (χ1v) is 9.42. The third-order valence-corrected chi connectivity index (χ3v) is 6.68. The van der Waals surface area contributed by atoms with Gasteiger partial charge in [0.1, 0.15) is 0 Å². The second-order valence-corrected chi connectivity index (χ2v) is 9.74. The molecule has 2 atom stereocenters. The molecule has 2 N–H and O–H groups in total. The largest absolute Gasteiger partial charge is 0.317 e. The van der Waals surface area contributed by atoms with E-state index in [1.54, 1.807) is 0 Å². The molecule has 0 saturated carbocycles. The molecule has 0 bridgehead atoms. The number of nitrogens with one attached hydrogen (secondary N) is 2. The normalized spacial score (nSPS) is 24.2. The van der Waals surface area contributed by atoms with Crippen molar-refractivity contribution < 1.29 is 4.21 Å². The Morgan fingerprint density at radius 1 is 1.35 bits per heavy atom. The number of nitriles is 1. The van der Waals surface area contributed by atoms with Gasteiger partial charge in [-0.15, -0.1) is 0 Å². The predicted octanol–water partition coefficient (Wildman–Crippen LogP) is 2.58. The molecule has 5 heteroatoms. The SMILES string of the molecule is CC(C)(C)[S@@](=O)NC1c2cc(C#N)ccc2CC12CCNCC2. The molecule has 1 fully saturated rings. The van der Waals surface area contributed by atoms with Gasteiger partial charge in [0.05, 0.1) is 33.4 Å². The van der Waals surface area contributed by atoms with Gasteiger partial charge in [-0.3, -0.25) is 0 Å². The van der Waals surface area contributed by atoms with Crippen molar-refractivity contribution in [2.24, 2.45) is 5.41 Å². The summed E-state index contributed by atoms with van der Waals surface area (Å²) >= 11 is 0. The average Bonchev–Trinajstić information content (AvgIpc) is 2.79. The Morgan fingerprint density at radius 3 is 2.65 bits per heavy atom. The van der Waals surface area contributed by atoms with Crippen molar-refractivity contribution in [2.75, 3.05) is 13.1 Å². The number of nitrogens with zero attached hydrogens (tertiary/aromatic N) is 1. The van der Waals surface area contributed by atoms with Gasteiger partial charge in [-0.25, -0.2) is 8.93 Å². The zero-order valence-electron chi connectivity index (χ0n) is 14.1. The van der Waals surface area contributed by atoms with Gasteiger partial charge in [0, 0.05) is 0 Å². The highest BCUT2D eigenvalue weighted by atomic mass is 32.2. The molecule has 1 aliphatic carbocycles. The molecule has 0 amide bonds. The maximum Gasteiger partial charge on any atom is 0.0991 e. The highest BCUT2D eigenvalue weighted by molar-refractivity contribution is 7.84. The molecule has 1 unspecified atom stereocenters. The van der Waals surface area contributed by atoms with E-state index in [1.807, 2.05) is 32.9 Å². The summed E-state index contributed by atoms with van der Waals surface area (Å²) < 4.78 is 15.9. The second-order valence-electron chi connectivity index (χ2n) is 7.75. The molecule has 1 spiro atoms. The van der Waals surface area contributed by atoms with Gasteiger partial charge in [-0.05, 0) is 81.8 Å². The van der Waals surface area contributed by atoms with Crippen LogP contribution in [0, 0.1) is 16.7 Å². The Hall–Kier alpha value is -1.22. The molecule has 1 aromatic carbocycles. The number of rotatable bonds is 2. The lowest BCUT2D eigenvalue weighted by Crippen LogP contribution is -2.46. The molecule has 23 heavy (non-hydrogen) atoms. The van der Waals surface area contributed by atoms with Gasteiger partial charge in [0.25, 0.3) is 0 Å². The molecular formula is C18H25N3OS. The van der Waals surface area contributed by atoms with E-state index >= 15 is 0 Å². The molecule has 3 rings (SSSR count). The zero-order chi connectivity index (χ0) is 16.7. The standard InChI is InChI=1S/C18H25N3OS/c1-17(2,3)23(22)21-16-15-10-13(12-19)4-5-14(15)11-18(16)6-8-20-9-7-18/h4-5,10,16,20-21H,6-9,11H2,1-3H3/t16?,23-/m1/s1. The molecule has 1 aromatic rings. The van der Waals surface area contributed by atoms with Gasteiger partial charge in [-0.2, -0.15) is 5.26 Å². The summed E-state index contributed by atoms with van der Waals surface area (Å²) in [6.07, 6.45) is 3.15. The van der Waals surface area contributed by atoms with Gasteiger partial charge in [-0.1, -0.05) is 6.07 Å². The first-order valence-electron chi connectivity index (χ1n) is 8.27. The van der Waals surface area contributed by atoms with Crippen LogP contribution in [0.15, 0.2) is 18.2 Å². The summed E-state index contributed by atoms with van der Waals surface area (Å²) in [5.41, 5.74) is 3.27. The van der Waals surface area contributed by atoms with Crippen molar-refractivity contribution in [1.82, 2.24) is 10.0 Å². The Bertz CT molecular complexity index is 666. The maximum absolute atomic E-state index is 12.7. The molecule has 2 aliphatic rings. The molecule has 0 aromatic heterocycles. The van der Waals surface area contributed by atoms with Crippen LogP contribution in [-0.2, 0) is 17.4 Å². The van der Waals surface area contributed by atoms with E-state index in [1.165, 1.54) is 11.1 Å². The minimum absolute atomic E-state index is 0.0629. The van der Waals surface area contributed by atoms with Crippen molar-refractivity contribution >= 4 is 11.0 Å². The van der Waals surface area contributed by atoms with Crippen LogP contribution >= 0.6 is 0 Å². The first-order chi connectivity index (χ1) is 10.9. The van der Waals surface area contributed by atoms with E-state index in [0.29, 0.717) is 5.56 Å². The molecule has 124 valence electrons. The highest BCUT2D eigenvalue weighted by Gasteiger charge is 2.47. The van der Waals surface area contributed by atoms with Gasteiger partial charge in [0.15, 0.2) is 0 Å². The van der Waals surface area contributed by atoms with Crippen molar-refractivity contribution in [1.29, 1.82) is 5.26 Å². The minimum atomic E-state index is -1.12. The van der Waals surface area contributed by atoms with Crippen LogP contribution < -0.4 is 10.0 Å². The Kier molecular flexibility index (Phi) is 4.35. The van der Waals surface area contributed by atoms with E-state index < -0.39 is 11.0 Å². The zero-order valence-corrected chi connectivity index (χ0v) is 14.9. The summed E-state index contributed by atoms with van der Waals surface area (Å²) in [4.78, 5) is 0. The fourth-order valence-electron chi connectivity index (χ4n) is 3.77. The van der Waals surface area contributed by atoms with Crippen LogP contribution in [0.4, 0.5) is 0 Å². The minimum Gasteiger partial charge on any atom is -0.317 e. The summed E-state index contributed by atoms with van der Waals surface area (Å²) in [6, 6.07) is 8.27. The quantitative estimate of drug-likeness (QED) is 0.875. The number of fused-ring (bicyclic) bond motifs is 1. The second kappa shape index (κ2) is 6.01. The van der Waals surface area contributed by atoms with Crippen LogP contribution in [0.25, 0.3) is 0 Å². The third-order valence-electron chi connectivity index (χ3n) is 5.12. The topological polar surface area (TPSA) is 64.9 Å². The third kappa shape index (κ3) is 3.08. The first kappa shape index (κ1) is 16.6. The maximum atomic E-state index is 12.7. The summed E-state index contributed by atoms with van der Waals surface area (Å²) in [6.45, 7) is 7.98. The van der Waals surface area contributed by atoms with Gasteiger partial charge < -0.3 is 5.32 Å². The van der Waals surface area contributed by atoms with E-state index in [4.69, 9.17) is 0 Å². The average molecular weight is 331 g/mol. The van der Waals surface area contributed by atoms with Crippen LogP contribution in [0.2, 0.25) is 0 Å². The summed E-state index contributed by atoms with van der Waals surface area (Å²) in [7, 11) is -1.12. The van der Waals surface area contributed by atoms with Crippen LogP contribution in [0.3, 0.4) is 0 Å². The van der Waals surface area contributed by atoms with Crippen LogP contribution in [0.5, 0.6) is 0 Å². The van der Waals surface area contributed by atoms with Crippen molar-refractivity contribution in [3.8, 4) is 6.07 Å². The molecule has 1 saturated heterocycles. The summed E-state index contributed by atoms with van der Waals surface area (Å²) in [5.74, 6) is 0. The van der Waals surface area contributed by atoms with E-state index in [9.17, 15) is 9.47 Å². The smallest absolute Gasteiger partial charge is 0.0991 e. The van der Waals surface area contributed by atoms with Gasteiger partial charge in [0.2, 0.25) is 0 Å². The number of hydrogen-bond acceptors (Lipinski definition) is 3. The van der Waals surface area contributed by atoms with Gasteiger partial charge >= 0.3 is 0 Å². The van der Waals surface area contributed by atoms with Crippen molar-refractivity contribution in [2.45, 2.75) is 50.8 Å². The molecule has 1 heterocycles. The fraction of sp³-hybridized carbons (Fsp3) is 0.611. The van der Waals surface area contributed by atoms with Crippen molar-refractivity contribution in [3.05, 3.63) is 34.9 Å². The Balaban J connectivity index is 2.00. The number of piperidine rings is 1. The Labute approximate surface area is 141 Å². The monoisotopic (exact) mass is 331 g/mol. The highest BCUT2D eigenvalue weighted by Crippen LogP contribution is 2.51. The fourth-order valence-corrected chi connectivity index (χ4v) is 4.71. The van der Waals surface area contributed by atoms with E-state index in [-0.39, 0.29) is 16.2 Å². The van der Waals surface area contributed by atoms with E-state index in [0.717, 1.165) is 32.4 Å². The Morgan fingerprint density at radius 2 is 2.04 bits per heavy atom. The predicted molar refractivity (Wildman–Crippen MR) is 93.2 cm³/mol. The lowest BCUT2D eigenvalue weighted by Gasteiger charge is -2.40. The molecule has 4 nitrogen and oxygen atoms in total. The van der Waals surface area contributed by atoms with Crippen LogP contribution in [0.1, 0.15) is 56.3 Å². The summed E-state index contributed by atoms with van der Waals surface area (Å²) in [5, 5.41) is 12.7. The van der Waals surface area contributed by atoms with Crippen LogP contribution in [-0.4, -0.2) is 22.0 Å². The van der Waals surface area contributed by atoms with Crippen molar-refractivity contribution in [3.63, 3.8) is 0 Å². The lowest BCUT2D eigenvalue weighted by molar-refractivity contribution is 0.164. The molecule has 0 radical (unpaired) electrons. The number of hydrogen-bond donors (Lipinski definition) is 2. The lowest BCUT2D eigenvalue weighted by atomic mass is 9.73.